The van der Waals surface area contributed by atoms with E-state index in [4.69, 9.17) is 4.55 Å². The molecule has 0 aliphatic carbocycles. The summed E-state index contributed by atoms with van der Waals surface area (Å²) in [5.74, 6) is 0.375. The molecular weight excluding hydrogens is 335 g/mol. The Labute approximate surface area is 138 Å². The summed E-state index contributed by atoms with van der Waals surface area (Å²) < 4.78 is 43.8. The lowest BCUT2D eigenvalue weighted by atomic mass is 10.2. The number of hydrogen-bond donors (Lipinski definition) is 1. The van der Waals surface area contributed by atoms with Crippen LogP contribution in [0.4, 0.5) is 4.39 Å². The van der Waals surface area contributed by atoms with E-state index in [1.807, 2.05) is 0 Å². The molecule has 0 aliphatic rings. The van der Waals surface area contributed by atoms with Crippen LogP contribution >= 0.6 is 0 Å². The van der Waals surface area contributed by atoms with Gasteiger partial charge in [-0.15, -0.1) is 4.68 Å². The molecule has 0 unspecified atom stereocenters. The molecule has 1 heterocycles. The maximum atomic E-state index is 12.9. The lowest BCUT2D eigenvalue weighted by molar-refractivity contribution is -0.722. The quantitative estimate of drug-likeness (QED) is 0.557. The molecule has 3 aromatic rings. The predicted molar refractivity (Wildman–Crippen MR) is 83.8 cm³/mol. The van der Waals surface area contributed by atoms with Gasteiger partial charge in [-0.05, 0) is 35.1 Å². The zero-order valence-electron chi connectivity index (χ0n) is 13.0. The molecule has 3 rings (SSSR count). The van der Waals surface area contributed by atoms with Crippen LogP contribution in [0.15, 0.2) is 59.5 Å². The maximum Gasteiger partial charge on any atom is 0.329 e. The van der Waals surface area contributed by atoms with Crippen LogP contribution in [-0.2, 0) is 24.2 Å². The standard InChI is InChI=1S/C9H10FN4.C6H6O3S/c1-13-9(11-14(2)12-13)7-4-3-5-8(10)6-7;7-10(8,9)6-4-2-1-3-5-6/h3-6H,1-2H3;1-5H,(H,7,8,9)/q+1;. The summed E-state index contributed by atoms with van der Waals surface area (Å²) in [5.41, 5.74) is 0.723. The highest BCUT2D eigenvalue weighted by molar-refractivity contribution is 7.85. The predicted octanol–water partition coefficient (Wildman–Crippen LogP) is 1.38. The minimum Gasteiger partial charge on any atom is -0.282 e. The second-order valence-electron chi connectivity index (χ2n) is 4.82. The summed E-state index contributed by atoms with van der Waals surface area (Å²) in [7, 11) is -0.507. The number of benzene rings is 2. The summed E-state index contributed by atoms with van der Waals surface area (Å²) in [4.78, 5) is 1.37. The highest BCUT2D eigenvalue weighted by Gasteiger charge is 2.15. The van der Waals surface area contributed by atoms with Gasteiger partial charge in [0.05, 0.1) is 27.8 Å². The molecule has 2 aromatic carbocycles. The summed E-state index contributed by atoms with van der Waals surface area (Å²) in [6.07, 6.45) is 0. The van der Waals surface area contributed by atoms with E-state index in [2.05, 4.69) is 10.3 Å². The molecule has 24 heavy (non-hydrogen) atoms. The van der Waals surface area contributed by atoms with Crippen LogP contribution in [0.25, 0.3) is 11.4 Å². The van der Waals surface area contributed by atoms with E-state index >= 15 is 0 Å². The second-order valence-corrected chi connectivity index (χ2v) is 6.25. The van der Waals surface area contributed by atoms with Gasteiger partial charge >= 0.3 is 5.82 Å². The molecule has 0 bridgehead atoms. The Morgan fingerprint density at radius 2 is 1.79 bits per heavy atom. The van der Waals surface area contributed by atoms with E-state index in [0.717, 1.165) is 5.56 Å². The first-order valence-corrected chi connectivity index (χ1v) is 8.27. The topological polar surface area (TPSA) is 89.0 Å². The fourth-order valence-corrected chi connectivity index (χ4v) is 2.42. The molecule has 0 radical (unpaired) electrons. The molecule has 0 aliphatic heterocycles. The average Bonchev–Trinajstić information content (AvgIpc) is 2.87. The Kier molecular flexibility index (Phi) is 5.37. The van der Waals surface area contributed by atoms with Gasteiger partial charge in [0.1, 0.15) is 12.9 Å². The van der Waals surface area contributed by atoms with Crippen molar-refractivity contribution in [2.45, 2.75) is 4.90 Å². The third-order valence-corrected chi connectivity index (χ3v) is 3.80. The highest BCUT2D eigenvalue weighted by Crippen LogP contribution is 2.12. The van der Waals surface area contributed by atoms with Crippen LogP contribution in [0.2, 0.25) is 0 Å². The first-order chi connectivity index (χ1) is 11.3. The van der Waals surface area contributed by atoms with Gasteiger partial charge in [-0.25, -0.2) is 4.39 Å². The zero-order chi connectivity index (χ0) is 17.7. The molecule has 0 saturated carbocycles. The van der Waals surface area contributed by atoms with E-state index in [0.29, 0.717) is 5.82 Å². The van der Waals surface area contributed by atoms with E-state index in [1.165, 1.54) is 29.1 Å². The van der Waals surface area contributed by atoms with E-state index in [9.17, 15) is 12.8 Å². The number of hydrogen-bond acceptors (Lipinski definition) is 4. The Morgan fingerprint density at radius 1 is 1.12 bits per heavy atom. The molecule has 0 saturated heterocycles. The number of rotatable bonds is 2. The lowest BCUT2D eigenvalue weighted by Gasteiger charge is -1.92. The van der Waals surface area contributed by atoms with Gasteiger partial charge in [0.25, 0.3) is 10.1 Å². The molecule has 1 aromatic heterocycles. The SMILES string of the molecule is Cn1nc(-c2cccc(F)c2)[n+](C)n1.O=S(=O)(O)c1ccccc1. The number of aryl methyl sites for hydroxylation is 2. The van der Waals surface area contributed by atoms with Crippen molar-refractivity contribution in [3.63, 3.8) is 0 Å². The van der Waals surface area contributed by atoms with Crippen molar-refractivity contribution in [2.24, 2.45) is 14.1 Å². The first kappa shape index (κ1) is 17.7. The van der Waals surface area contributed by atoms with Crippen molar-refractivity contribution >= 4 is 10.1 Å². The summed E-state index contributed by atoms with van der Waals surface area (Å²) >= 11 is 0. The molecule has 0 fully saturated rings. The molecule has 7 nitrogen and oxygen atoms in total. The van der Waals surface area contributed by atoms with Crippen LogP contribution in [0.5, 0.6) is 0 Å². The van der Waals surface area contributed by atoms with Crippen LogP contribution in [0.1, 0.15) is 0 Å². The third kappa shape index (κ3) is 4.67. The van der Waals surface area contributed by atoms with Crippen LogP contribution in [0, 0.1) is 5.82 Å². The van der Waals surface area contributed by atoms with Crippen LogP contribution in [0.3, 0.4) is 0 Å². The first-order valence-electron chi connectivity index (χ1n) is 6.83. The van der Waals surface area contributed by atoms with Crippen LogP contribution in [-0.4, -0.2) is 28.1 Å². The number of halogens is 1. The summed E-state index contributed by atoms with van der Waals surface area (Å²) in [6, 6.07) is 13.7. The third-order valence-electron chi connectivity index (χ3n) is 2.93. The van der Waals surface area contributed by atoms with Crippen molar-refractivity contribution in [1.82, 2.24) is 15.1 Å². The number of aromatic nitrogens is 4. The lowest BCUT2D eigenvalue weighted by Crippen LogP contribution is -2.33. The molecule has 0 spiro atoms. The van der Waals surface area contributed by atoms with Crippen LogP contribution < -0.4 is 4.68 Å². The highest BCUT2D eigenvalue weighted by atomic mass is 32.2. The van der Waals surface area contributed by atoms with Gasteiger partial charge in [-0.2, -0.15) is 8.42 Å². The Balaban J connectivity index is 0.000000185. The minimum absolute atomic E-state index is 0.0741. The largest absolute Gasteiger partial charge is 0.329 e. The monoisotopic (exact) mass is 351 g/mol. The van der Waals surface area contributed by atoms with Crippen molar-refractivity contribution in [2.75, 3.05) is 0 Å². The van der Waals surface area contributed by atoms with Gasteiger partial charge < -0.3 is 0 Å². The van der Waals surface area contributed by atoms with E-state index in [-0.39, 0.29) is 10.7 Å². The normalized spacial score (nSPS) is 10.8. The van der Waals surface area contributed by atoms with E-state index in [1.54, 1.807) is 49.1 Å². The molecule has 9 heteroatoms. The molecule has 1 N–H and O–H groups in total. The smallest absolute Gasteiger partial charge is 0.282 e. The van der Waals surface area contributed by atoms with Crippen molar-refractivity contribution in [1.29, 1.82) is 0 Å². The summed E-state index contributed by atoms with van der Waals surface area (Å²) in [5, 5.41) is 8.14. The van der Waals surface area contributed by atoms with Crippen molar-refractivity contribution in [3.05, 3.63) is 60.4 Å². The second kappa shape index (κ2) is 7.28. The Morgan fingerprint density at radius 3 is 2.25 bits per heavy atom. The Hall–Kier alpha value is -2.65. The molecular formula is C15H16FN4O3S+. The fourth-order valence-electron chi connectivity index (χ4n) is 1.92. The fraction of sp³-hybridized carbons (Fsp3) is 0.133. The zero-order valence-corrected chi connectivity index (χ0v) is 13.9. The number of tetrazole rings is 1. The summed E-state index contributed by atoms with van der Waals surface area (Å²) in [6.45, 7) is 0. The van der Waals surface area contributed by atoms with Crippen molar-refractivity contribution < 1.29 is 22.0 Å². The van der Waals surface area contributed by atoms with Gasteiger partial charge in [0.2, 0.25) is 0 Å². The Bertz CT molecular complexity index is 927. The molecule has 0 atom stereocenters. The van der Waals surface area contributed by atoms with Gasteiger partial charge in [-0.1, -0.05) is 24.3 Å². The average molecular weight is 351 g/mol. The van der Waals surface area contributed by atoms with Gasteiger partial charge in [0.15, 0.2) is 0 Å². The number of nitrogens with zero attached hydrogens (tertiary/aromatic N) is 4. The maximum absolute atomic E-state index is 12.9. The molecule has 0 amide bonds. The minimum atomic E-state index is -4.00. The van der Waals surface area contributed by atoms with E-state index < -0.39 is 10.1 Å². The van der Waals surface area contributed by atoms with Crippen molar-refractivity contribution in [3.8, 4) is 11.4 Å². The van der Waals surface area contributed by atoms with Gasteiger partial charge in [0, 0.05) is 0 Å². The molecule has 126 valence electrons. The van der Waals surface area contributed by atoms with Gasteiger partial charge in [-0.3, -0.25) is 4.55 Å².